The fourth-order valence-corrected chi connectivity index (χ4v) is 7.08. The molecule has 1 atom stereocenters. The third-order valence-corrected chi connectivity index (χ3v) is 9.70. The number of hydrogen-bond donors (Lipinski definition) is 3. The molecule has 4 heterocycles. The number of morpholine rings is 1. The predicted octanol–water partition coefficient (Wildman–Crippen LogP) is 5.56. The summed E-state index contributed by atoms with van der Waals surface area (Å²) in [7, 11) is 1.53. The van der Waals surface area contributed by atoms with E-state index in [1.54, 1.807) is 66.9 Å². The first-order valence-corrected chi connectivity index (χ1v) is 19.0. The number of hydrogen-bond acceptors (Lipinski definition) is 11. The molecule has 1 saturated heterocycles. The van der Waals surface area contributed by atoms with Gasteiger partial charge in [-0.25, -0.2) is 4.68 Å². The Kier molecular flexibility index (Phi) is 12.1. The van der Waals surface area contributed by atoms with E-state index in [1.165, 1.54) is 13.3 Å². The Hall–Kier alpha value is -5.22. The predicted molar refractivity (Wildman–Crippen MR) is 214 cm³/mol. The molecule has 17 heteroatoms. The van der Waals surface area contributed by atoms with Gasteiger partial charge in [0, 0.05) is 57.5 Å². The highest BCUT2D eigenvalue weighted by Crippen LogP contribution is 2.46. The Morgan fingerprint density at radius 3 is 2.44 bits per heavy atom. The van der Waals surface area contributed by atoms with Crippen molar-refractivity contribution < 1.29 is 38.1 Å². The van der Waals surface area contributed by atoms with E-state index in [1.807, 2.05) is 19.9 Å². The lowest BCUT2D eigenvalue weighted by Gasteiger charge is -2.41. The molecule has 4 N–H and O–H groups in total. The largest absolute Gasteiger partial charge is 0.496 e. The van der Waals surface area contributed by atoms with E-state index < -0.39 is 35.0 Å². The lowest BCUT2D eigenvalue weighted by Crippen LogP contribution is -2.55. The molecule has 2 aromatic carbocycles. The Morgan fingerprint density at radius 1 is 1.02 bits per heavy atom. The highest BCUT2D eigenvalue weighted by Gasteiger charge is 2.39. The minimum atomic E-state index is -0.973. The van der Waals surface area contributed by atoms with E-state index in [4.69, 9.17) is 53.0 Å². The number of nitrogens with one attached hydrogen (secondary N) is 2. The number of carbonyl (C=O) groups is 4. The van der Waals surface area contributed by atoms with Crippen LogP contribution in [0, 0.1) is 0 Å². The summed E-state index contributed by atoms with van der Waals surface area (Å²) in [5, 5.41) is 11.0. The second kappa shape index (κ2) is 16.7. The average Bonchev–Trinajstić information content (AvgIpc) is 3.54. The molecule has 1 fully saturated rings. The number of fused-ring (bicyclic) bond motifs is 3. The molecule has 6 rings (SSSR count). The van der Waals surface area contributed by atoms with Gasteiger partial charge in [0.2, 0.25) is 11.8 Å². The van der Waals surface area contributed by atoms with Crippen LogP contribution in [0.2, 0.25) is 10.0 Å². The molecule has 0 aliphatic carbocycles. The Labute approximate surface area is 340 Å². The number of ether oxygens (including phenoxy) is 4. The molecule has 4 aromatic rings. The highest BCUT2D eigenvalue weighted by atomic mass is 35.5. The normalized spacial score (nSPS) is 15.1. The van der Waals surface area contributed by atoms with Crippen LogP contribution in [-0.2, 0) is 30.5 Å². The number of aromatic nitrogens is 3. The molecule has 2 aliphatic rings. The molecular weight excluding hydrogens is 777 g/mol. The second-order valence-corrected chi connectivity index (χ2v) is 16.2. The maximum Gasteiger partial charge on any atom is 0.323 e. The molecule has 0 radical (unpaired) electrons. The molecule has 2 aliphatic heterocycles. The average molecular weight is 823 g/mol. The van der Waals surface area contributed by atoms with Crippen molar-refractivity contribution >= 4 is 52.6 Å². The van der Waals surface area contributed by atoms with Gasteiger partial charge in [-0.2, -0.15) is 5.10 Å². The molecule has 0 spiro atoms. The summed E-state index contributed by atoms with van der Waals surface area (Å²) in [6, 6.07) is 9.38. The van der Waals surface area contributed by atoms with Gasteiger partial charge in [-0.05, 0) is 71.4 Å². The Bertz CT molecular complexity index is 2200. The number of benzene rings is 2. The first-order valence-electron chi connectivity index (χ1n) is 18.3. The van der Waals surface area contributed by atoms with Crippen molar-refractivity contribution in [3.8, 4) is 39.6 Å². The van der Waals surface area contributed by atoms with Gasteiger partial charge < -0.3 is 40.2 Å². The number of carbonyl (C=O) groups excluding carboxylic acids is 4. The monoisotopic (exact) mass is 821 g/mol. The van der Waals surface area contributed by atoms with Gasteiger partial charge in [0.25, 0.3) is 5.91 Å². The van der Waals surface area contributed by atoms with E-state index in [-0.39, 0.29) is 37.6 Å². The van der Waals surface area contributed by atoms with Crippen LogP contribution in [-0.4, -0.2) is 94.0 Å². The van der Waals surface area contributed by atoms with Gasteiger partial charge in [-0.1, -0.05) is 23.2 Å². The van der Waals surface area contributed by atoms with Crippen LogP contribution in [0.3, 0.4) is 0 Å². The van der Waals surface area contributed by atoms with Crippen LogP contribution < -0.4 is 25.8 Å². The number of esters is 1. The Balaban J connectivity index is 1.27. The van der Waals surface area contributed by atoms with Crippen molar-refractivity contribution in [1.29, 1.82) is 0 Å². The third-order valence-electron chi connectivity index (χ3n) is 9.27. The summed E-state index contributed by atoms with van der Waals surface area (Å²) in [6.07, 6.45) is 3.07. The number of nitrogens with zero attached hydrogens (tertiary/aromatic N) is 4. The minimum absolute atomic E-state index is 0.0563. The number of amides is 3. The van der Waals surface area contributed by atoms with Crippen molar-refractivity contribution in [3.63, 3.8) is 0 Å². The summed E-state index contributed by atoms with van der Waals surface area (Å²) in [5.41, 5.74) is 8.71. The van der Waals surface area contributed by atoms with Crippen LogP contribution in [0.15, 0.2) is 48.8 Å². The van der Waals surface area contributed by atoms with Crippen molar-refractivity contribution in [3.05, 3.63) is 70.1 Å². The van der Waals surface area contributed by atoms with Gasteiger partial charge in [0.1, 0.15) is 29.7 Å². The van der Waals surface area contributed by atoms with Gasteiger partial charge in [0.05, 0.1) is 55.7 Å². The van der Waals surface area contributed by atoms with E-state index in [0.717, 1.165) is 0 Å². The van der Waals surface area contributed by atoms with Gasteiger partial charge in [-0.15, -0.1) is 0 Å². The number of pyridine rings is 1. The minimum Gasteiger partial charge on any atom is -0.496 e. The summed E-state index contributed by atoms with van der Waals surface area (Å²) in [5.74, 6) is -0.868. The molecule has 15 nitrogen and oxygen atoms in total. The first-order chi connectivity index (χ1) is 26.9. The number of nitrogens with two attached hydrogens (primary N) is 1. The molecule has 57 heavy (non-hydrogen) atoms. The third kappa shape index (κ3) is 9.50. The number of halogens is 2. The quantitative estimate of drug-likeness (QED) is 0.161. The van der Waals surface area contributed by atoms with Gasteiger partial charge >= 0.3 is 5.97 Å². The van der Waals surface area contributed by atoms with Crippen molar-refractivity contribution in [2.45, 2.75) is 71.2 Å². The lowest BCUT2D eigenvalue weighted by atomic mass is 9.95. The van der Waals surface area contributed by atoms with Gasteiger partial charge in [0.15, 0.2) is 5.69 Å². The molecule has 0 saturated carbocycles. The second-order valence-electron chi connectivity index (χ2n) is 15.3. The molecule has 0 bridgehead atoms. The van der Waals surface area contributed by atoms with Crippen molar-refractivity contribution in [1.82, 2.24) is 25.0 Å². The molecule has 2 aromatic heterocycles. The van der Waals surface area contributed by atoms with Crippen LogP contribution in [0.5, 0.6) is 11.5 Å². The zero-order valence-corrected chi connectivity index (χ0v) is 34.0. The zero-order chi connectivity index (χ0) is 41.2. The summed E-state index contributed by atoms with van der Waals surface area (Å²) in [6.45, 7) is 9.98. The van der Waals surface area contributed by atoms with Crippen LogP contribution >= 0.6 is 23.2 Å². The molecule has 3 amide bonds. The van der Waals surface area contributed by atoms with E-state index in [2.05, 4.69) is 15.6 Å². The smallest absolute Gasteiger partial charge is 0.323 e. The van der Waals surface area contributed by atoms with E-state index in [0.29, 0.717) is 80.6 Å². The maximum absolute atomic E-state index is 14.3. The fraction of sp³-hybridized carbons (Fsp3) is 0.400. The highest BCUT2D eigenvalue weighted by molar-refractivity contribution is 6.34. The summed E-state index contributed by atoms with van der Waals surface area (Å²) >= 11 is 12.9. The zero-order valence-electron chi connectivity index (χ0n) is 32.5. The molecule has 0 unspecified atom stereocenters. The van der Waals surface area contributed by atoms with Crippen LogP contribution in [0.25, 0.3) is 28.1 Å². The fourth-order valence-electron chi connectivity index (χ4n) is 6.57. The number of methoxy groups -OCH3 is 1. The van der Waals surface area contributed by atoms with Crippen LogP contribution in [0.1, 0.15) is 63.5 Å². The van der Waals surface area contributed by atoms with Crippen molar-refractivity contribution in [2.24, 2.45) is 5.73 Å². The first kappa shape index (κ1) is 41.4. The Morgan fingerprint density at radius 2 is 1.75 bits per heavy atom. The molecular formula is C40H45Cl2N7O8. The maximum atomic E-state index is 14.3. The summed E-state index contributed by atoms with van der Waals surface area (Å²) in [4.78, 5) is 57.9. The number of anilines is 1. The number of rotatable bonds is 11. The topological polar surface area (TPSA) is 189 Å². The van der Waals surface area contributed by atoms with Gasteiger partial charge in [-0.3, -0.25) is 24.2 Å². The van der Waals surface area contributed by atoms with E-state index in [9.17, 15) is 19.2 Å². The van der Waals surface area contributed by atoms with E-state index >= 15 is 0 Å². The van der Waals surface area contributed by atoms with Crippen LogP contribution in [0.4, 0.5) is 5.69 Å². The van der Waals surface area contributed by atoms with Crippen molar-refractivity contribution in [2.75, 3.05) is 38.7 Å². The molecule has 302 valence electrons. The standard InChI is InChI=1S/C40H45Cl2N7O8/c1-39(2,3)57-38(53)30(43)7-8-33(50)45-19-34(51)46-25-11-22(17-44-18-25)27-15-28-32(16-31(27)54-6)56-20-29-35(37(52)48-9-10-55-21-40(48,4)5)47-49(36(28)29)26-13-23(41)12-24(42)14-26/h11-18,30H,7-10,19-21,43H2,1-6H3,(H,45,50)(H,46,51)/t30-/m1/s1. The lowest BCUT2D eigenvalue weighted by molar-refractivity contribution is -0.156. The summed E-state index contributed by atoms with van der Waals surface area (Å²) < 4.78 is 24.7. The SMILES string of the molecule is COc1cc2c(cc1-c1cncc(NC(=O)CNC(=O)CC[C@@H](N)C(=O)OC(C)(C)C)c1)-c1c(c(C(=O)N3CCOCC3(C)C)nn1-c1cc(Cl)cc(Cl)c1)CO2.